The predicted molar refractivity (Wildman–Crippen MR) is 57.7 cm³/mol. The number of nitrogens with zero attached hydrogens (tertiary/aromatic N) is 1. The lowest BCUT2D eigenvalue weighted by molar-refractivity contribution is 0.602. The van der Waals surface area contributed by atoms with Crippen LogP contribution < -0.4 is 0 Å². The van der Waals surface area contributed by atoms with Gasteiger partial charge in [0.25, 0.3) is 0 Å². The van der Waals surface area contributed by atoms with E-state index in [4.69, 9.17) is 5.41 Å². The molecule has 0 radical (unpaired) electrons. The Morgan fingerprint density at radius 1 is 1.69 bits per heavy atom. The SMILES string of the molecule is CS[C@@]12CS(=O)(=O)CC1=NC(=N)S2. The van der Waals surface area contributed by atoms with Gasteiger partial charge < -0.3 is 0 Å². The summed E-state index contributed by atoms with van der Waals surface area (Å²) in [6.45, 7) is 0. The average Bonchev–Trinajstić information content (AvgIpc) is 2.36. The summed E-state index contributed by atoms with van der Waals surface area (Å²) in [4.78, 5) is 3.95. The van der Waals surface area contributed by atoms with E-state index in [0.29, 0.717) is 5.71 Å². The van der Waals surface area contributed by atoms with Crippen LogP contribution in [0.1, 0.15) is 0 Å². The van der Waals surface area contributed by atoms with Crippen molar-refractivity contribution >= 4 is 44.2 Å². The smallest absolute Gasteiger partial charge is 0.181 e. The molecule has 0 aromatic carbocycles. The molecule has 13 heavy (non-hydrogen) atoms. The first kappa shape index (κ1) is 9.54. The zero-order chi connectivity index (χ0) is 9.69. The van der Waals surface area contributed by atoms with Crippen molar-refractivity contribution in [2.45, 2.75) is 4.08 Å². The first-order valence-corrected chi connectivity index (χ1v) is 7.45. The summed E-state index contributed by atoms with van der Waals surface area (Å²) in [6, 6.07) is 0. The first-order chi connectivity index (χ1) is 5.97. The molecule has 0 aliphatic carbocycles. The summed E-state index contributed by atoms with van der Waals surface area (Å²) in [5.74, 6) is 0.149. The van der Waals surface area contributed by atoms with Crippen LogP contribution in [0.4, 0.5) is 0 Å². The van der Waals surface area contributed by atoms with Crippen LogP contribution in [0, 0.1) is 5.41 Å². The fourth-order valence-electron chi connectivity index (χ4n) is 1.47. The molecule has 0 spiro atoms. The zero-order valence-electron chi connectivity index (χ0n) is 6.90. The number of aliphatic imine (C=N–C) groups is 1. The number of hydrogen-bond donors (Lipinski definition) is 1. The molecule has 1 saturated heterocycles. The van der Waals surface area contributed by atoms with Gasteiger partial charge in [0, 0.05) is 0 Å². The van der Waals surface area contributed by atoms with Crippen LogP contribution in [0.15, 0.2) is 4.99 Å². The topological polar surface area (TPSA) is 70.3 Å². The highest BCUT2D eigenvalue weighted by molar-refractivity contribution is 8.28. The molecule has 4 nitrogen and oxygen atoms in total. The van der Waals surface area contributed by atoms with Crippen molar-refractivity contribution in [3.8, 4) is 0 Å². The summed E-state index contributed by atoms with van der Waals surface area (Å²) < 4.78 is 22.2. The maximum absolute atomic E-state index is 11.3. The van der Waals surface area contributed by atoms with E-state index >= 15 is 0 Å². The van der Waals surface area contributed by atoms with Gasteiger partial charge in [0.05, 0.1) is 17.2 Å². The molecule has 2 rings (SSSR count). The standard InChI is InChI=1S/C6H8N2O2S3/c1-11-6-3-13(9,10)2-4(6)8-5(7)12-6/h7H,2-3H2,1H3/t6-/m1/s1. The summed E-state index contributed by atoms with van der Waals surface area (Å²) in [7, 11) is -2.97. The molecule has 1 fully saturated rings. The molecule has 2 heterocycles. The van der Waals surface area contributed by atoms with Crippen LogP contribution in [0.25, 0.3) is 0 Å². The van der Waals surface area contributed by atoms with Crippen molar-refractivity contribution in [1.29, 1.82) is 5.41 Å². The zero-order valence-corrected chi connectivity index (χ0v) is 9.35. The Balaban J connectivity index is 2.47. The van der Waals surface area contributed by atoms with Crippen molar-refractivity contribution in [2.24, 2.45) is 4.99 Å². The van der Waals surface area contributed by atoms with Crippen LogP contribution >= 0.6 is 23.5 Å². The molecule has 0 aromatic rings. The highest BCUT2D eigenvalue weighted by Crippen LogP contribution is 2.47. The molecule has 0 amide bonds. The van der Waals surface area contributed by atoms with Gasteiger partial charge in [-0.1, -0.05) is 11.8 Å². The summed E-state index contributed by atoms with van der Waals surface area (Å²) >= 11 is 2.72. The Hall–Kier alpha value is -0.0100. The summed E-state index contributed by atoms with van der Waals surface area (Å²) in [5, 5.41) is 7.61. The van der Waals surface area contributed by atoms with E-state index in [1.165, 1.54) is 23.5 Å². The third kappa shape index (κ3) is 1.42. The third-order valence-corrected chi connectivity index (χ3v) is 6.77. The molecule has 72 valence electrons. The maximum Gasteiger partial charge on any atom is 0.181 e. The van der Waals surface area contributed by atoms with Gasteiger partial charge >= 0.3 is 0 Å². The number of rotatable bonds is 1. The average molecular weight is 236 g/mol. The lowest BCUT2D eigenvalue weighted by Gasteiger charge is -2.17. The number of hydrogen-bond acceptors (Lipinski definition) is 5. The lowest BCUT2D eigenvalue weighted by Crippen LogP contribution is -2.26. The normalized spacial score (nSPS) is 36.1. The number of fused-ring (bicyclic) bond motifs is 1. The fourth-order valence-corrected chi connectivity index (χ4v) is 6.64. The highest BCUT2D eigenvalue weighted by atomic mass is 32.2. The first-order valence-electron chi connectivity index (χ1n) is 3.59. The van der Waals surface area contributed by atoms with E-state index in [1.54, 1.807) is 0 Å². The van der Waals surface area contributed by atoms with Gasteiger partial charge in [-0.25, -0.2) is 13.4 Å². The van der Waals surface area contributed by atoms with Gasteiger partial charge in [-0.05, 0) is 6.26 Å². The minimum Gasteiger partial charge on any atom is -0.277 e. The van der Waals surface area contributed by atoms with Gasteiger partial charge in [0.2, 0.25) is 0 Å². The van der Waals surface area contributed by atoms with Gasteiger partial charge in [0.1, 0.15) is 4.08 Å². The van der Waals surface area contributed by atoms with Crippen LogP contribution in [-0.2, 0) is 9.84 Å². The number of sulfone groups is 1. The minimum atomic E-state index is -2.97. The highest BCUT2D eigenvalue weighted by Gasteiger charge is 2.52. The second kappa shape index (κ2) is 2.74. The molecule has 1 N–H and O–H groups in total. The summed E-state index contributed by atoms with van der Waals surface area (Å²) in [6.07, 6.45) is 1.86. The van der Waals surface area contributed by atoms with Crippen molar-refractivity contribution in [2.75, 3.05) is 17.8 Å². The predicted octanol–water partition coefficient (Wildman–Crippen LogP) is 0.597. The van der Waals surface area contributed by atoms with E-state index in [2.05, 4.69) is 4.99 Å². The molecule has 0 unspecified atom stereocenters. The Kier molecular flexibility index (Phi) is 2.01. The Morgan fingerprint density at radius 2 is 2.38 bits per heavy atom. The molecule has 0 aromatic heterocycles. The van der Waals surface area contributed by atoms with E-state index < -0.39 is 13.9 Å². The molecule has 2 aliphatic heterocycles. The lowest BCUT2D eigenvalue weighted by atomic mass is 10.3. The van der Waals surface area contributed by atoms with Crippen LogP contribution in [0.3, 0.4) is 0 Å². The van der Waals surface area contributed by atoms with Crippen LogP contribution in [0.5, 0.6) is 0 Å². The molecule has 7 heteroatoms. The van der Waals surface area contributed by atoms with Crippen molar-refractivity contribution in [3.63, 3.8) is 0 Å². The van der Waals surface area contributed by atoms with Crippen LogP contribution in [-0.4, -0.2) is 41.1 Å². The molecule has 1 atom stereocenters. The molecular weight excluding hydrogens is 228 g/mol. The van der Waals surface area contributed by atoms with E-state index in [9.17, 15) is 8.42 Å². The molecular formula is C6H8N2O2S3. The van der Waals surface area contributed by atoms with Crippen LogP contribution in [0.2, 0.25) is 0 Å². The third-order valence-electron chi connectivity index (χ3n) is 2.03. The second-order valence-electron chi connectivity index (χ2n) is 2.95. The monoisotopic (exact) mass is 236 g/mol. The van der Waals surface area contributed by atoms with E-state index in [1.807, 2.05) is 6.26 Å². The second-order valence-corrected chi connectivity index (χ2v) is 7.67. The largest absolute Gasteiger partial charge is 0.277 e. The summed E-state index contributed by atoms with van der Waals surface area (Å²) in [5.41, 5.74) is 0.648. The van der Waals surface area contributed by atoms with Gasteiger partial charge in [0.15, 0.2) is 15.0 Å². The molecule has 2 aliphatic rings. The van der Waals surface area contributed by atoms with Gasteiger partial charge in [-0.3, -0.25) is 5.41 Å². The number of thioether (sulfide) groups is 2. The molecule has 0 saturated carbocycles. The maximum atomic E-state index is 11.3. The van der Waals surface area contributed by atoms with Gasteiger partial charge in [-0.15, -0.1) is 11.8 Å². The number of amidine groups is 1. The van der Waals surface area contributed by atoms with Crippen molar-refractivity contribution in [1.82, 2.24) is 0 Å². The Morgan fingerprint density at radius 3 is 2.92 bits per heavy atom. The van der Waals surface area contributed by atoms with Crippen molar-refractivity contribution in [3.05, 3.63) is 0 Å². The Labute approximate surface area is 85.0 Å². The molecule has 0 bridgehead atoms. The minimum absolute atomic E-state index is 0.0310. The van der Waals surface area contributed by atoms with E-state index in [0.717, 1.165) is 0 Å². The van der Waals surface area contributed by atoms with Gasteiger partial charge in [-0.2, -0.15) is 0 Å². The quantitative estimate of drug-likeness (QED) is 0.723. The fraction of sp³-hybridized carbons (Fsp3) is 0.667. The number of nitrogens with one attached hydrogen (secondary N) is 1. The van der Waals surface area contributed by atoms with Crippen molar-refractivity contribution < 1.29 is 8.42 Å². The Bertz CT molecular complexity index is 400. The van der Waals surface area contributed by atoms with E-state index in [-0.39, 0.29) is 16.7 Å².